The molecule has 2 fully saturated rings. The first-order valence-corrected chi connectivity index (χ1v) is 10.5. The van der Waals surface area contributed by atoms with Crippen LogP contribution in [0, 0.1) is 5.41 Å². The number of anilines is 1. The van der Waals surface area contributed by atoms with Gasteiger partial charge in [0.15, 0.2) is 11.7 Å². The van der Waals surface area contributed by atoms with Crippen molar-refractivity contribution < 1.29 is 4.74 Å². The predicted molar refractivity (Wildman–Crippen MR) is 118 cm³/mol. The van der Waals surface area contributed by atoms with Gasteiger partial charge in [-0.1, -0.05) is 12.1 Å². The Balaban J connectivity index is 1.35. The molecule has 3 unspecified atom stereocenters. The van der Waals surface area contributed by atoms with Gasteiger partial charge in [0.2, 0.25) is 0 Å². The van der Waals surface area contributed by atoms with Crippen LogP contribution in [0.5, 0.6) is 5.75 Å². The second kappa shape index (κ2) is 7.60. The number of rotatable bonds is 5. The number of ether oxygens (including phenoxy) is 1. The van der Waals surface area contributed by atoms with Gasteiger partial charge in [-0.25, -0.2) is 0 Å². The van der Waals surface area contributed by atoms with Gasteiger partial charge in [0.25, 0.3) is 0 Å². The third-order valence-corrected chi connectivity index (χ3v) is 5.76. The summed E-state index contributed by atoms with van der Waals surface area (Å²) in [5.74, 6) is 1.82. The molecule has 0 spiro atoms. The molecule has 3 N–H and O–H groups in total. The number of aryl methyl sites for hydroxylation is 1. The first kappa shape index (κ1) is 18.9. The summed E-state index contributed by atoms with van der Waals surface area (Å²) in [6.45, 7) is 3.89. The average molecular weight is 406 g/mol. The van der Waals surface area contributed by atoms with Crippen molar-refractivity contribution in [3.63, 3.8) is 0 Å². The largest absolute Gasteiger partial charge is 0.489 e. The molecule has 3 aliphatic rings. The minimum atomic E-state index is 0.213. The molecule has 8 heteroatoms. The Hall–Kier alpha value is -3.13. The average Bonchev–Trinajstić information content (AvgIpc) is 3.09. The summed E-state index contributed by atoms with van der Waals surface area (Å²) >= 11 is 0. The van der Waals surface area contributed by atoms with Crippen molar-refractivity contribution in [1.82, 2.24) is 20.0 Å². The molecular weight excluding hydrogens is 378 g/mol. The summed E-state index contributed by atoms with van der Waals surface area (Å²) in [7, 11) is 1.91. The van der Waals surface area contributed by atoms with Crippen molar-refractivity contribution in [2.75, 3.05) is 18.4 Å². The van der Waals surface area contributed by atoms with Crippen molar-refractivity contribution >= 4 is 23.1 Å². The molecule has 2 aliphatic heterocycles. The minimum Gasteiger partial charge on any atom is -0.489 e. The molecule has 0 amide bonds. The molecule has 1 aromatic heterocycles. The van der Waals surface area contributed by atoms with E-state index in [2.05, 4.69) is 20.6 Å². The van der Waals surface area contributed by atoms with Crippen LogP contribution >= 0.6 is 0 Å². The van der Waals surface area contributed by atoms with Crippen LogP contribution in [0.4, 0.5) is 5.69 Å². The van der Waals surface area contributed by atoms with Gasteiger partial charge in [0.05, 0.1) is 18.3 Å². The van der Waals surface area contributed by atoms with E-state index >= 15 is 0 Å². The normalized spacial score (nSPS) is 25.7. The lowest BCUT2D eigenvalue weighted by Gasteiger charge is -2.31. The zero-order valence-corrected chi connectivity index (χ0v) is 17.3. The summed E-state index contributed by atoms with van der Waals surface area (Å²) in [4.78, 5) is 6.86. The number of aromatic nitrogens is 2. The number of aliphatic imine (C=N–C) groups is 1. The van der Waals surface area contributed by atoms with E-state index in [1.807, 2.05) is 56.7 Å². The molecule has 0 radical (unpaired) electrons. The number of nitrogens with one attached hydrogen (secondary N) is 3. The van der Waals surface area contributed by atoms with Crippen molar-refractivity contribution in [1.29, 1.82) is 5.41 Å². The van der Waals surface area contributed by atoms with Gasteiger partial charge in [-0.2, -0.15) is 5.10 Å². The molecule has 5 rings (SSSR count). The standard InChI is InChI=1S/C22H27N7O/c1-3-19(14-11-25-28(2)13-14)29-20-10-18(20)27-22(21(29)23)26-15-5-4-6-16(9-15)30-17-7-8-24-12-17/h3-6,9,11,13,17-18,20,23-24H,7-8,10,12H2,1-2H3,(H,26,27)/b19-3-,23-21?. The number of benzene rings is 1. The Labute approximate surface area is 176 Å². The zero-order chi connectivity index (χ0) is 20.7. The summed E-state index contributed by atoms with van der Waals surface area (Å²) < 4.78 is 7.86. The highest BCUT2D eigenvalue weighted by Crippen LogP contribution is 2.40. The van der Waals surface area contributed by atoms with Gasteiger partial charge in [-0.3, -0.25) is 15.1 Å². The number of hydrogen-bond acceptors (Lipinski definition) is 6. The topological polar surface area (TPSA) is 90.6 Å². The van der Waals surface area contributed by atoms with Crippen LogP contribution in [0.3, 0.4) is 0 Å². The fourth-order valence-electron chi connectivity index (χ4n) is 4.19. The predicted octanol–water partition coefficient (Wildman–Crippen LogP) is 2.47. The summed E-state index contributed by atoms with van der Waals surface area (Å²) in [6, 6.07) is 8.38. The van der Waals surface area contributed by atoms with E-state index in [1.165, 1.54) is 0 Å². The van der Waals surface area contributed by atoms with Crippen molar-refractivity contribution in [3.05, 3.63) is 48.3 Å². The molecule has 1 aromatic carbocycles. The van der Waals surface area contributed by atoms with Gasteiger partial charge in [-0.05, 0) is 38.4 Å². The number of fused-ring (bicyclic) bond motifs is 1. The quantitative estimate of drug-likeness (QED) is 0.711. The number of amidine groups is 2. The van der Waals surface area contributed by atoms with E-state index in [0.29, 0.717) is 11.7 Å². The number of allylic oxidation sites excluding steroid dienone is 1. The molecule has 3 heterocycles. The molecule has 1 saturated heterocycles. The first-order valence-electron chi connectivity index (χ1n) is 10.5. The van der Waals surface area contributed by atoms with Gasteiger partial charge >= 0.3 is 0 Å². The second-order valence-corrected chi connectivity index (χ2v) is 8.03. The number of hydrogen-bond donors (Lipinski definition) is 3. The van der Waals surface area contributed by atoms with E-state index < -0.39 is 0 Å². The fourth-order valence-corrected chi connectivity index (χ4v) is 4.19. The molecule has 156 valence electrons. The van der Waals surface area contributed by atoms with Gasteiger partial charge in [0.1, 0.15) is 11.9 Å². The lowest BCUT2D eigenvalue weighted by atomic mass is 10.2. The van der Waals surface area contributed by atoms with Crippen LogP contribution in [0.15, 0.2) is 47.7 Å². The summed E-state index contributed by atoms with van der Waals surface area (Å²) in [5, 5.41) is 19.8. The Morgan fingerprint density at radius 2 is 2.30 bits per heavy atom. The Bertz CT molecular complexity index is 1020. The van der Waals surface area contributed by atoms with Gasteiger partial charge in [0, 0.05) is 42.8 Å². The zero-order valence-electron chi connectivity index (χ0n) is 17.3. The van der Waals surface area contributed by atoms with Gasteiger partial charge < -0.3 is 20.3 Å². The monoisotopic (exact) mass is 405 g/mol. The Morgan fingerprint density at radius 3 is 3.03 bits per heavy atom. The molecule has 2 aromatic rings. The van der Waals surface area contributed by atoms with E-state index in [9.17, 15) is 0 Å². The van der Waals surface area contributed by atoms with Crippen LogP contribution in [-0.2, 0) is 7.05 Å². The number of nitrogens with zero attached hydrogens (tertiary/aromatic N) is 4. The highest BCUT2D eigenvalue weighted by Gasteiger charge is 2.49. The maximum absolute atomic E-state index is 8.86. The van der Waals surface area contributed by atoms with E-state index in [1.54, 1.807) is 4.68 Å². The molecule has 1 saturated carbocycles. The highest BCUT2D eigenvalue weighted by atomic mass is 16.5. The smallest absolute Gasteiger partial charge is 0.169 e. The van der Waals surface area contributed by atoms with Crippen LogP contribution < -0.4 is 15.4 Å². The molecular formula is C22H27N7O. The highest BCUT2D eigenvalue weighted by molar-refractivity contribution is 6.45. The van der Waals surface area contributed by atoms with Crippen LogP contribution in [-0.4, -0.2) is 57.6 Å². The lowest BCUT2D eigenvalue weighted by molar-refractivity contribution is 0.223. The molecule has 30 heavy (non-hydrogen) atoms. The van der Waals surface area contributed by atoms with E-state index in [4.69, 9.17) is 15.1 Å². The fraction of sp³-hybridized carbons (Fsp3) is 0.409. The van der Waals surface area contributed by atoms with Gasteiger partial charge in [-0.15, -0.1) is 0 Å². The van der Waals surface area contributed by atoms with Crippen molar-refractivity contribution in [2.45, 2.75) is 38.0 Å². The molecule has 1 aliphatic carbocycles. The SMILES string of the molecule is C/C=C(/c1cnn(C)c1)N1C(=N)C(Nc2cccc(OC3CCNC3)c2)=NC2CC21. The van der Waals surface area contributed by atoms with Crippen LogP contribution in [0.25, 0.3) is 5.70 Å². The van der Waals surface area contributed by atoms with Crippen LogP contribution in [0.1, 0.15) is 25.3 Å². The summed E-state index contributed by atoms with van der Waals surface area (Å²) in [5.41, 5.74) is 2.89. The molecule has 3 atom stereocenters. The maximum atomic E-state index is 8.86. The summed E-state index contributed by atoms with van der Waals surface area (Å²) in [6.07, 6.45) is 8.07. The van der Waals surface area contributed by atoms with Crippen molar-refractivity contribution in [3.8, 4) is 5.75 Å². The Kier molecular flexibility index (Phi) is 4.78. The second-order valence-electron chi connectivity index (χ2n) is 8.03. The van der Waals surface area contributed by atoms with Crippen molar-refractivity contribution in [2.24, 2.45) is 12.0 Å². The molecule has 8 nitrogen and oxygen atoms in total. The molecule has 0 bridgehead atoms. The lowest BCUT2D eigenvalue weighted by Crippen LogP contribution is -2.43. The third kappa shape index (κ3) is 3.59. The maximum Gasteiger partial charge on any atom is 0.169 e. The Morgan fingerprint density at radius 1 is 1.40 bits per heavy atom. The first-order chi connectivity index (χ1) is 14.6. The minimum absolute atomic E-state index is 0.213. The van der Waals surface area contributed by atoms with E-state index in [0.717, 1.165) is 48.6 Å². The third-order valence-electron chi connectivity index (χ3n) is 5.76. The van der Waals surface area contributed by atoms with E-state index in [-0.39, 0.29) is 18.2 Å². The van der Waals surface area contributed by atoms with Crippen LogP contribution in [0.2, 0.25) is 0 Å².